The lowest BCUT2D eigenvalue weighted by molar-refractivity contribution is 0.0674. The second-order valence-corrected chi connectivity index (χ2v) is 6.78. The molecular formula is C20H26N2O. The Bertz CT molecular complexity index is 681. The van der Waals surface area contributed by atoms with Crippen molar-refractivity contribution in [2.75, 3.05) is 6.54 Å². The number of aromatic nitrogens is 1. The van der Waals surface area contributed by atoms with E-state index in [1.165, 1.54) is 18.5 Å². The molecule has 122 valence electrons. The van der Waals surface area contributed by atoms with Crippen molar-refractivity contribution in [1.29, 1.82) is 0 Å². The summed E-state index contributed by atoms with van der Waals surface area (Å²) in [6.45, 7) is 4.96. The number of hydrogen-bond donors (Lipinski definition) is 0. The maximum Gasteiger partial charge on any atom is 0.254 e. The molecule has 1 amide bonds. The summed E-state index contributed by atoms with van der Waals surface area (Å²) < 4.78 is 2.15. The van der Waals surface area contributed by atoms with Gasteiger partial charge >= 0.3 is 0 Å². The Labute approximate surface area is 138 Å². The first-order chi connectivity index (χ1) is 11.1. The lowest BCUT2D eigenvalue weighted by Crippen LogP contribution is -2.35. The molecule has 1 aromatic heterocycles. The Morgan fingerprint density at radius 3 is 2.48 bits per heavy atom. The molecule has 0 bridgehead atoms. The van der Waals surface area contributed by atoms with Gasteiger partial charge in [0.05, 0.1) is 6.04 Å². The molecule has 1 atom stereocenters. The Balaban J connectivity index is 1.96. The lowest BCUT2D eigenvalue weighted by Gasteiger charge is -2.31. The fraction of sp³-hybridized carbons (Fsp3) is 0.450. The van der Waals surface area contributed by atoms with Gasteiger partial charge in [0, 0.05) is 31.0 Å². The van der Waals surface area contributed by atoms with E-state index in [1.807, 2.05) is 12.1 Å². The van der Waals surface area contributed by atoms with Crippen molar-refractivity contribution < 1.29 is 4.79 Å². The minimum absolute atomic E-state index is 0.171. The molecule has 1 aliphatic rings. The monoisotopic (exact) mass is 310 g/mol. The number of nitrogens with zero attached hydrogens (tertiary/aromatic N) is 2. The third-order valence-corrected chi connectivity index (χ3v) is 4.81. The number of carbonyl (C=O) groups excluding carboxylic acids is 1. The van der Waals surface area contributed by atoms with E-state index in [9.17, 15) is 4.79 Å². The van der Waals surface area contributed by atoms with Gasteiger partial charge in [-0.2, -0.15) is 0 Å². The first-order valence-electron chi connectivity index (χ1n) is 8.57. The number of aryl methyl sites for hydroxylation is 3. The molecule has 1 saturated heterocycles. The molecule has 2 heterocycles. The van der Waals surface area contributed by atoms with Crippen LogP contribution < -0.4 is 0 Å². The quantitative estimate of drug-likeness (QED) is 0.807. The summed E-state index contributed by atoms with van der Waals surface area (Å²) in [4.78, 5) is 15.3. The SMILES string of the molecule is Cc1cc(C)cc(C(=O)N2CCCCC[C@@H]2c2cccn2C)c1. The maximum absolute atomic E-state index is 13.2. The van der Waals surface area contributed by atoms with Crippen molar-refractivity contribution in [2.45, 2.75) is 45.6 Å². The van der Waals surface area contributed by atoms with Crippen LogP contribution in [-0.2, 0) is 7.05 Å². The Morgan fingerprint density at radius 1 is 1.09 bits per heavy atom. The third-order valence-electron chi connectivity index (χ3n) is 4.81. The predicted octanol–water partition coefficient (Wildman–Crippen LogP) is 4.40. The van der Waals surface area contributed by atoms with Crippen molar-refractivity contribution in [2.24, 2.45) is 7.05 Å². The van der Waals surface area contributed by atoms with E-state index in [0.29, 0.717) is 0 Å². The minimum Gasteiger partial charge on any atom is -0.353 e. The zero-order chi connectivity index (χ0) is 16.4. The number of carbonyl (C=O) groups is 1. The Kier molecular flexibility index (Phi) is 4.56. The average Bonchev–Trinajstić information content (AvgIpc) is 2.79. The van der Waals surface area contributed by atoms with Gasteiger partial charge in [-0.1, -0.05) is 30.0 Å². The van der Waals surface area contributed by atoms with Gasteiger partial charge in [-0.15, -0.1) is 0 Å². The van der Waals surface area contributed by atoms with Crippen LogP contribution in [0.5, 0.6) is 0 Å². The highest BCUT2D eigenvalue weighted by Crippen LogP contribution is 2.31. The summed E-state index contributed by atoms with van der Waals surface area (Å²) in [5.74, 6) is 0.171. The van der Waals surface area contributed by atoms with E-state index in [4.69, 9.17) is 0 Å². The summed E-state index contributed by atoms with van der Waals surface area (Å²) >= 11 is 0. The minimum atomic E-state index is 0.171. The van der Waals surface area contributed by atoms with Crippen LogP contribution in [0.3, 0.4) is 0 Å². The maximum atomic E-state index is 13.2. The van der Waals surface area contributed by atoms with Crippen molar-refractivity contribution in [1.82, 2.24) is 9.47 Å². The molecule has 3 nitrogen and oxygen atoms in total. The van der Waals surface area contributed by atoms with Crippen LogP contribution in [0.2, 0.25) is 0 Å². The molecule has 3 rings (SSSR count). The molecule has 1 aromatic carbocycles. The molecule has 1 aliphatic heterocycles. The van der Waals surface area contributed by atoms with Gasteiger partial charge in [-0.3, -0.25) is 4.79 Å². The third kappa shape index (κ3) is 3.34. The molecule has 2 aromatic rings. The molecule has 0 aliphatic carbocycles. The number of hydrogen-bond acceptors (Lipinski definition) is 1. The molecule has 0 saturated carbocycles. The Hall–Kier alpha value is -2.03. The van der Waals surface area contributed by atoms with Crippen molar-refractivity contribution in [3.05, 3.63) is 58.9 Å². The molecule has 0 unspecified atom stereocenters. The van der Waals surface area contributed by atoms with E-state index in [-0.39, 0.29) is 11.9 Å². The lowest BCUT2D eigenvalue weighted by atomic mass is 10.0. The molecule has 23 heavy (non-hydrogen) atoms. The largest absolute Gasteiger partial charge is 0.353 e. The van der Waals surface area contributed by atoms with Gasteiger partial charge in [0.15, 0.2) is 0 Å². The van der Waals surface area contributed by atoms with Gasteiger partial charge in [0.1, 0.15) is 0 Å². The summed E-state index contributed by atoms with van der Waals surface area (Å²) in [5.41, 5.74) is 4.37. The second-order valence-electron chi connectivity index (χ2n) is 6.78. The topological polar surface area (TPSA) is 25.2 Å². The van der Waals surface area contributed by atoms with Gasteiger partial charge in [0.25, 0.3) is 5.91 Å². The predicted molar refractivity (Wildman–Crippen MR) is 93.6 cm³/mol. The van der Waals surface area contributed by atoms with E-state index in [1.54, 1.807) is 0 Å². The highest BCUT2D eigenvalue weighted by molar-refractivity contribution is 5.95. The van der Waals surface area contributed by atoms with Crippen LogP contribution in [0.1, 0.15) is 58.9 Å². The van der Waals surface area contributed by atoms with E-state index in [0.717, 1.165) is 36.1 Å². The van der Waals surface area contributed by atoms with E-state index >= 15 is 0 Å². The zero-order valence-electron chi connectivity index (χ0n) is 14.4. The normalized spacial score (nSPS) is 18.7. The second kappa shape index (κ2) is 6.61. The van der Waals surface area contributed by atoms with Crippen LogP contribution in [0.4, 0.5) is 0 Å². The number of likely N-dealkylation sites (tertiary alicyclic amines) is 1. The van der Waals surface area contributed by atoms with E-state index < -0.39 is 0 Å². The summed E-state index contributed by atoms with van der Waals surface area (Å²) in [6.07, 6.45) is 6.61. The van der Waals surface area contributed by atoms with Gasteiger partial charge in [-0.05, 0) is 51.0 Å². The molecule has 1 fully saturated rings. The molecule has 0 N–H and O–H groups in total. The fourth-order valence-corrected chi connectivity index (χ4v) is 3.74. The van der Waals surface area contributed by atoms with E-state index in [2.05, 4.69) is 54.8 Å². The number of amides is 1. The van der Waals surface area contributed by atoms with Gasteiger partial charge in [-0.25, -0.2) is 0 Å². The number of benzene rings is 1. The average molecular weight is 310 g/mol. The van der Waals surface area contributed by atoms with Crippen molar-refractivity contribution in [3.63, 3.8) is 0 Å². The first-order valence-corrected chi connectivity index (χ1v) is 8.57. The van der Waals surface area contributed by atoms with Crippen molar-refractivity contribution >= 4 is 5.91 Å². The summed E-state index contributed by atoms with van der Waals surface area (Å²) in [6, 6.07) is 10.6. The fourth-order valence-electron chi connectivity index (χ4n) is 3.74. The van der Waals surface area contributed by atoms with Crippen LogP contribution in [0.25, 0.3) is 0 Å². The van der Waals surface area contributed by atoms with Crippen LogP contribution in [-0.4, -0.2) is 21.9 Å². The van der Waals surface area contributed by atoms with Crippen molar-refractivity contribution in [3.8, 4) is 0 Å². The molecule has 0 radical (unpaired) electrons. The van der Waals surface area contributed by atoms with Crippen LogP contribution >= 0.6 is 0 Å². The number of rotatable bonds is 2. The smallest absolute Gasteiger partial charge is 0.254 e. The van der Waals surface area contributed by atoms with Crippen LogP contribution in [0.15, 0.2) is 36.5 Å². The highest BCUT2D eigenvalue weighted by atomic mass is 16.2. The Morgan fingerprint density at radius 2 is 1.83 bits per heavy atom. The van der Waals surface area contributed by atoms with Gasteiger partial charge < -0.3 is 9.47 Å². The first kappa shape index (κ1) is 15.9. The summed E-state index contributed by atoms with van der Waals surface area (Å²) in [7, 11) is 2.07. The molecule has 0 spiro atoms. The summed E-state index contributed by atoms with van der Waals surface area (Å²) in [5, 5.41) is 0. The molecule has 3 heteroatoms. The van der Waals surface area contributed by atoms with Gasteiger partial charge in [0.2, 0.25) is 0 Å². The van der Waals surface area contributed by atoms with Crippen LogP contribution in [0, 0.1) is 13.8 Å². The highest BCUT2D eigenvalue weighted by Gasteiger charge is 2.29. The zero-order valence-corrected chi connectivity index (χ0v) is 14.4. The standard InChI is InChI=1S/C20H26N2O/c1-15-12-16(2)14-17(13-15)20(23)22-11-6-4-5-8-19(22)18-9-7-10-21(18)3/h7,9-10,12-14,19H,4-6,8,11H2,1-3H3/t19-/m1/s1. The molecular weight excluding hydrogens is 284 g/mol.